The molecule has 0 aromatic carbocycles. The third-order valence-electron chi connectivity index (χ3n) is 13.9. The Hall–Kier alpha value is -1.29. The summed E-state index contributed by atoms with van der Waals surface area (Å²) in [4.78, 5) is 14.0. The van der Waals surface area contributed by atoms with E-state index < -0.39 is 24.1 Å². The number of Topliss-reactive ketones (excluding diaryl/α,β-unsaturated/α-hetero) is 1. The fraction of sp³-hybridized carbons (Fsp3) is 0.875. The van der Waals surface area contributed by atoms with E-state index in [9.17, 15) is 15.0 Å². The lowest BCUT2D eigenvalue weighted by Crippen LogP contribution is -2.61. The Morgan fingerprint density at radius 2 is 1.54 bits per heavy atom. The summed E-state index contributed by atoms with van der Waals surface area (Å²) >= 11 is 0. The van der Waals surface area contributed by atoms with Gasteiger partial charge in [-0.25, -0.2) is 0 Å². The first-order valence-electron chi connectivity index (χ1n) is 20.1. The third kappa shape index (κ3) is 6.59. The lowest BCUT2D eigenvalue weighted by Gasteiger charge is -2.47. The van der Waals surface area contributed by atoms with Crippen molar-refractivity contribution in [2.45, 2.75) is 194 Å². The molecule has 10 fully saturated rings. The van der Waals surface area contributed by atoms with E-state index in [1.807, 2.05) is 0 Å². The zero-order chi connectivity index (χ0) is 35.9. The molecular weight excluding hydrogens is 672 g/mol. The SMILES string of the molecule is C=C1C[C@@H]2CC[C@@]34C[C@H]5O[C@H]6[C@@H](O3)[C@H]3O[C@H](CC[C@@H]3O[C@H]6C5O4)CC(=O)C[C@H]3C(C[C@H]4O[C@@H](CC[C@@H]1O2)C[C@@H](C)C4=C)O[C@H](C[C@H](O)CO)[C@@H]3OC. The van der Waals surface area contributed by atoms with E-state index >= 15 is 0 Å². The van der Waals surface area contributed by atoms with Gasteiger partial charge in [0.25, 0.3) is 0 Å². The summed E-state index contributed by atoms with van der Waals surface area (Å²) in [6, 6.07) is 0. The molecule has 19 atom stereocenters. The van der Waals surface area contributed by atoms with E-state index in [1.165, 1.54) is 0 Å². The topological polar surface area (TPSA) is 141 Å². The van der Waals surface area contributed by atoms with Crippen molar-refractivity contribution >= 4 is 5.78 Å². The standard InChI is InChI=1S/C40H58O12/c1-19-11-24-5-7-28-20(2)12-26(45-28)9-10-40-17-33-36(51-40)37-38(50-33)39(52-40)35-29(49-37)8-6-25(47-35)13-22(42)14-27-31(16-30(46-24)21(19)3)48-32(34(27)44-4)15-23(43)18-41/h19,23-39,41,43H,2-3,5-18H2,1,4H3/t19-,23+,24+,25-,26+,27+,28+,29+,30-,31?,32-,33-,34-,35+,36?,37+,38-,39+,40+/m1/s1. The Bertz CT molecular complexity index is 1370. The molecule has 0 aromatic rings. The molecule has 290 valence electrons. The number of carbonyl (C=O) groups is 1. The number of ketones is 1. The van der Waals surface area contributed by atoms with E-state index in [-0.39, 0.29) is 123 Å². The predicted molar refractivity (Wildman–Crippen MR) is 184 cm³/mol. The zero-order valence-electron chi connectivity index (χ0n) is 30.7. The molecule has 10 aliphatic heterocycles. The molecule has 12 nitrogen and oxygen atoms in total. The first-order chi connectivity index (χ1) is 25.1. The number of aliphatic hydroxyl groups excluding tert-OH is 2. The van der Waals surface area contributed by atoms with Crippen LogP contribution in [0.4, 0.5) is 0 Å². The molecule has 1 spiro atoms. The smallest absolute Gasteiger partial charge is 0.172 e. The fourth-order valence-electron chi connectivity index (χ4n) is 11.3. The summed E-state index contributed by atoms with van der Waals surface area (Å²) in [5.74, 6) is -0.709. The van der Waals surface area contributed by atoms with Gasteiger partial charge in [0, 0.05) is 51.6 Å². The second-order valence-corrected chi connectivity index (χ2v) is 17.4. The first-order valence-corrected chi connectivity index (χ1v) is 20.1. The lowest BCUT2D eigenvalue weighted by molar-refractivity contribution is -0.292. The Morgan fingerprint density at radius 1 is 0.788 bits per heavy atom. The molecule has 10 rings (SSSR count). The van der Waals surface area contributed by atoms with Gasteiger partial charge >= 0.3 is 0 Å². The molecule has 10 saturated heterocycles. The van der Waals surface area contributed by atoms with Crippen molar-refractivity contribution in [2.75, 3.05) is 13.7 Å². The molecule has 52 heavy (non-hydrogen) atoms. The second-order valence-electron chi connectivity index (χ2n) is 17.4. The number of fused-ring (bicyclic) bond motifs is 6. The van der Waals surface area contributed by atoms with Gasteiger partial charge in [-0.1, -0.05) is 20.1 Å². The van der Waals surface area contributed by atoms with Crippen LogP contribution in [-0.2, 0) is 47.4 Å². The zero-order valence-corrected chi connectivity index (χ0v) is 30.7. The minimum absolute atomic E-state index is 0.0260. The van der Waals surface area contributed by atoms with Gasteiger partial charge in [0.15, 0.2) is 5.79 Å². The highest BCUT2D eigenvalue weighted by Crippen LogP contribution is 2.54. The molecule has 0 amide bonds. The second kappa shape index (κ2) is 14.3. The molecule has 10 aliphatic rings. The van der Waals surface area contributed by atoms with E-state index in [0.717, 1.165) is 49.7 Å². The van der Waals surface area contributed by atoms with Crippen LogP contribution < -0.4 is 0 Å². The van der Waals surface area contributed by atoms with Crippen molar-refractivity contribution in [1.29, 1.82) is 0 Å². The van der Waals surface area contributed by atoms with Gasteiger partial charge in [0.2, 0.25) is 0 Å². The van der Waals surface area contributed by atoms with Crippen molar-refractivity contribution in [3.05, 3.63) is 24.3 Å². The number of hydrogen-bond acceptors (Lipinski definition) is 12. The van der Waals surface area contributed by atoms with Gasteiger partial charge in [-0.05, 0) is 62.0 Å². The molecule has 0 aliphatic carbocycles. The molecule has 0 saturated carbocycles. The minimum Gasteiger partial charge on any atom is -0.394 e. The normalized spacial score (nSPS) is 52.4. The van der Waals surface area contributed by atoms with Crippen LogP contribution in [0, 0.1) is 11.8 Å². The largest absolute Gasteiger partial charge is 0.394 e. The summed E-state index contributed by atoms with van der Waals surface area (Å²) < 4.78 is 59.8. The van der Waals surface area contributed by atoms with Crippen LogP contribution in [0.1, 0.15) is 90.4 Å². The molecule has 2 N–H and O–H groups in total. The van der Waals surface area contributed by atoms with Crippen molar-refractivity contribution in [3.63, 3.8) is 0 Å². The van der Waals surface area contributed by atoms with Crippen molar-refractivity contribution in [2.24, 2.45) is 11.8 Å². The average molecular weight is 731 g/mol. The van der Waals surface area contributed by atoms with Crippen LogP contribution >= 0.6 is 0 Å². The molecule has 0 aromatic heterocycles. The maximum absolute atomic E-state index is 14.0. The molecule has 12 bridgehead atoms. The van der Waals surface area contributed by atoms with Gasteiger partial charge in [0.05, 0.1) is 73.8 Å². The Labute approximate surface area is 306 Å². The van der Waals surface area contributed by atoms with Crippen LogP contribution in [0.15, 0.2) is 24.3 Å². The van der Waals surface area contributed by atoms with E-state index in [2.05, 4.69) is 20.1 Å². The van der Waals surface area contributed by atoms with E-state index in [0.29, 0.717) is 25.7 Å². The summed E-state index contributed by atoms with van der Waals surface area (Å²) in [6.45, 7) is 10.7. The van der Waals surface area contributed by atoms with Crippen molar-refractivity contribution in [3.8, 4) is 0 Å². The fourth-order valence-corrected chi connectivity index (χ4v) is 11.3. The maximum atomic E-state index is 14.0. The number of rotatable bonds is 4. The number of methoxy groups -OCH3 is 1. The van der Waals surface area contributed by atoms with Crippen LogP contribution in [0.5, 0.6) is 0 Å². The average Bonchev–Trinajstić information content (AvgIpc) is 3.79. The summed E-state index contributed by atoms with van der Waals surface area (Å²) in [5.41, 5.74) is 2.17. The lowest BCUT2D eigenvalue weighted by atomic mass is 9.81. The number of carbonyl (C=O) groups excluding carboxylic acids is 1. The third-order valence-corrected chi connectivity index (χ3v) is 13.9. The molecule has 2 unspecified atom stereocenters. The molecule has 10 heterocycles. The van der Waals surface area contributed by atoms with Crippen LogP contribution in [0.3, 0.4) is 0 Å². The quantitative estimate of drug-likeness (QED) is 0.410. The molecule has 12 heteroatoms. The first kappa shape index (κ1) is 36.4. The van der Waals surface area contributed by atoms with Gasteiger partial charge in [-0.15, -0.1) is 0 Å². The highest BCUT2D eigenvalue weighted by atomic mass is 16.8. The van der Waals surface area contributed by atoms with Crippen LogP contribution in [0.25, 0.3) is 0 Å². The van der Waals surface area contributed by atoms with E-state index in [1.54, 1.807) is 7.11 Å². The van der Waals surface area contributed by atoms with Gasteiger partial charge in [-0.3, -0.25) is 4.79 Å². The summed E-state index contributed by atoms with van der Waals surface area (Å²) in [6.07, 6.45) is 4.01. The van der Waals surface area contributed by atoms with Gasteiger partial charge < -0.3 is 52.8 Å². The number of aliphatic hydroxyl groups is 2. The number of hydrogen-bond donors (Lipinski definition) is 2. The summed E-state index contributed by atoms with van der Waals surface area (Å²) in [7, 11) is 1.63. The molecular formula is C40H58O12. The predicted octanol–water partition coefficient (Wildman–Crippen LogP) is 3.47. The Kier molecular flexibility index (Phi) is 10.0. The Morgan fingerprint density at radius 3 is 2.37 bits per heavy atom. The highest BCUT2D eigenvalue weighted by molar-refractivity contribution is 5.79. The molecule has 0 radical (unpaired) electrons. The Balaban J connectivity index is 0.994. The number of ether oxygens (including phenoxy) is 9. The highest BCUT2D eigenvalue weighted by Gasteiger charge is 2.68. The maximum Gasteiger partial charge on any atom is 0.172 e. The van der Waals surface area contributed by atoms with Crippen molar-refractivity contribution in [1.82, 2.24) is 0 Å². The van der Waals surface area contributed by atoms with Crippen LogP contribution in [-0.4, -0.2) is 133 Å². The minimum atomic E-state index is -0.951. The van der Waals surface area contributed by atoms with Gasteiger partial charge in [0.1, 0.15) is 36.3 Å². The van der Waals surface area contributed by atoms with Crippen LogP contribution in [0.2, 0.25) is 0 Å². The van der Waals surface area contributed by atoms with E-state index in [4.69, 9.17) is 42.6 Å². The van der Waals surface area contributed by atoms with Crippen molar-refractivity contribution < 1.29 is 57.6 Å². The van der Waals surface area contributed by atoms with Gasteiger partial charge in [-0.2, -0.15) is 0 Å². The monoisotopic (exact) mass is 730 g/mol. The summed E-state index contributed by atoms with van der Waals surface area (Å²) in [5, 5.41) is 20.1.